The second kappa shape index (κ2) is 7.58. The van der Waals surface area contributed by atoms with E-state index in [1.165, 1.54) is 32.4 Å². The molecular formula is C20H20O6. The number of para-hydroxylation sites is 1. The van der Waals surface area contributed by atoms with Gasteiger partial charge in [-0.2, -0.15) is 0 Å². The van der Waals surface area contributed by atoms with Gasteiger partial charge in [0.15, 0.2) is 23.1 Å². The van der Waals surface area contributed by atoms with Crippen molar-refractivity contribution in [2.45, 2.75) is 0 Å². The number of phenolic OH excluding ortho intramolecular Hbond substituents is 1. The van der Waals surface area contributed by atoms with Gasteiger partial charge in [0.05, 0.1) is 44.8 Å². The van der Waals surface area contributed by atoms with Crippen molar-refractivity contribution >= 4 is 11.6 Å². The molecule has 26 heavy (non-hydrogen) atoms. The number of rotatable bonds is 6. The van der Waals surface area contributed by atoms with Gasteiger partial charge in [-0.15, -0.1) is 0 Å². The van der Waals surface area contributed by atoms with Gasteiger partial charge in [-0.1, -0.05) is 12.1 Å². The third-order valence-corrected chi connectivity index (χ3v) is 4.59. The zero-order chi connectivity index (χ0) is 18.7. The van der Waals surface area contributed by atoms with Crippen LogP contribution in [0.15, 0.2) is 42.5 Å². The first-order chi connectivity index (χ1) is 12.6. The van der Waals surface area contributed by atoms with E-state index in [9.17, 15) is 14.7 Å². The Balaban J connectivity index is 1.88. The summed E-state index contributed by atoms with van der Waals surface area (Å²) in [4.78, 5) is 25.9. The number of hydrogen-bond acceptors (Lipinski definition) is 6. The van der Waals surface area contributed by atoms with E-state index in [1.54, 1.807) is 24.3 Å². The summed E-state index contributed by atoms with van der Waals surface area (Å²) in [6.45, 7) is 0.357. The van der Waals surface area contributed by atoms with Crippen LogP contribution in [0, 0.1) is 11.8 Å². The average molecular weight is 356 g/mol. The molecule has 1 saturated heterocycles. The summed E-state index contributed by atoms with van der Waals surface area (Å²) in [6.07, 6.45) is 0. The van der Waals surface area contributed by atoms with Crippen molar-refractivity contribution in [3.8, 4) is 17.2 Å². The molecule has 0 spiro atoms. The predicted molar refractivity (Wildman–Crippen MR) is 94.1 cm³/mol. The monoisotopic (exact) mass is 356 g/mol. The second-order valence-electron chi connectivity index (χ2n) is 6.07. The molecule has 1 fully saturated rings. The summed E-state index contributed by atoms with van der Waals surface area (Å²) in [5.74, 6) is -0.934. The molecule has 136 valence electrons. The highest BCUT2D eigenvalue weighted by Gasteiger charge is 2.40. The van der Waals surface area contributed by atoms with E-state index in [0.717, 1.165) is 0 Å². The highest BCUT2D eigenvalue weighted by atomic mass is 16.5. The van der Waals surface area contributed by atoms with Crippen LogP contribution >= 0.6 is 0 Å². The van der Waals surface area contributed by atoms with E-state index in [1.807, 2.05) is 0 Å². The van der Waals surface area contributed by atoms with Crippen molar-refractivity contribution < 1.29 is 28.9 Å². The van der Waals surface area contributed by atoms with E-state index in [2.05, 4.69) is 0 Å². The lowest BCUT2D eigenvalue weighted by Crippen LogP contribution is -2.29. The summed E-state index contributed by atoms with van der Waals surface area (Å²) in [5, 5.41) is 9.70. The molecule has 2 aromatic rings. The normalized spacial score (nSPS) is 19.2. The van der Waals surface area contributed by atoms with Crippen LogP contribution in [0.1, 0.15) is 20.7 Å². The second-order valence-corrected chi connectivity index (χ2v) is 6.07. The van der Waals surface area contributed by atoms with Gasteiger partial charge in [0.1, 0.15) is 5.75 Å². The molecule has 0 bridgehead atoms. The smallest absolute Gasteiger partial charge is 0.172 e. The van der Waals surface area contributed by atoms with E-state index in [0.29, 0.717) is 16.9 Å². The predicted octanol–water partition coefficient (Wildman–Crippen LogP) is 2.74. The Kier molecular flexibility index (Phi) is 5.23. The minimum Gasteiger partial charge on any atom is -0.504 e. The Bertz CT molecular complexity index is 829. The fourth-order valence-electron chi connectivity index (χ4n) is 3.16. The van der Waals surface area contributed by atoms with Gasteiger partial charge in [0, 0.05) is 5.56 Å². The number of benzene rings is 2. The van der Waals surface area contributed by atoms with Crippen molar-refractivity contribution in [2.75, 3.05) is 27.4 Å². The van der Waals surface area contributed by atoms with Crippen molar-refractivity contribution in [1.82, 2.24) is 0 Å². The van der Waals surface area contributed by atoms with E-state index in [-0.39, 0.29) is 36.3 Å². The molecule has 2 aromatic carbocycles. The van der Waals surface area contributed by atoms with E-state index >= 15 is 0 Å². The maximum Gasteiger partial charge on any atom is 0.172 e. The van der Waals surface area contributed by atoms with E-state index < -0.39 is 11.8 Å². The fourth-order valence-corrected chi connectivity index (χ4v) is 3.16. The first-order valence-corrected chi connectivity index (χ1v) is 8.23. The Labute approximate surface area is 151 Å². The Hall–Kier alpha value is -2.86. The van der Waals surface area contributed by atoms with Crippen LogP contribution in [0.2, 0.25) is 0 Å². The number of carbonyl (C=O) groups excluding carboxylic acids is 2. The molecule has 0 unspecified atom stereocenters. The molecule has 6 heteroatoms. The molecule has 1 aliphatic heterocycles. The molecule has 0 saturated carbocycles. The maximum atomic E-state index is 13.0. The van der Waals surface area contributed by atoms with Gasteiger partial charge >= 0.3 is 0 Å². The van der Waals surface area contributed by atoms with Crippen LogP contribution in [0.25, 0.3) is 0 Å². The van der Waals surface area contributed by atoms with Crippen LogP contribution < -0.4 is 9.47 Å². The summed E-state index contributed by atoms with van der Waals surface area (Å²) in [7, 11) is 2.92. The Morgan fingerprint density at radius 1 is 0.962 bits per heavy atom. The number of ketones is 2. The lowest BCUT2D eigenvalue weighted by atomic mass is 9.83. The molecular weight excluding hydrogens is 336 g/mol. The quantitative estimate of drug-likeness (QED) is 0.802. The summed E-state index contributed by atoms with van der Waals surface area (Å²) in [5.41, 5.74) is 0.805. The SMILES string of the molecule is COc1cc(C(=O)[C@H]2COC[C@@H]2C(=O)c2ccccc2OC)ccc1O. The summed E-state index contributed by atoms with van der Waals surface area (Å²) >= 11 is 0. The maximum absolute atomic E-state index is 13.0. The zero-order valence-corrected chi connectivity index (χ0v) is 14.6. The average Bonchev–Trinajstić information content (AvgIpc) is 3.17. The third kappa shape index (κ3) is 3.28. The Morgan fingerprint density at radius 2 is 1.62 bits per heavy atom. The lowest BCUT2D eigenvalue weighted by Gasteiger charge is -2.17. The number of aromatic hydroxyl groups is 1. The number of carbonyl (C=O) groups is 2. The molecule has 0 aromatic heterocycles. The molecule has 2 atom stereocenters. The number of ether oxygens (including phenoxy) is 3. The standard InChI is InChI=1S/C20H20O6/c1-24-17-6-4-3-5-13(17)20(23)15-11-26-10-14(15)19(22)12-7-8-16(21)18(9-12)25-2/h3-9,14-15,21H,10-11H2,1-2H3/t14-,15-/m0/s1. The van der Waals surface area contributed by atoms with Crippen LogP contribution in [0.5, 0.6) is 17.2 Å². The minimum absolute atomic E-state index is 0.0478. The van der Waals surface area contributed by atoms with Gasteiger partial charge in [0.25, 0.3) is 0 Å². The molecule has 1 heterocycles. The van der Waals surface area contributed by atoms with Crippen LogP contribution in [-0.4, -0.2) is 44.1 Å². The van der Waals surface area contributed by atoms with E-state index in [4.69, 9.17) is 14.2 Å². The fraction of sp³-hybridized carbons (Fsp3) is 0.300. The van der Waals surface area contributed by atoms with Crippen molar-refractivity contribution in [1.29, 1.82) is 0 Å². The topological polar surface area (TPSA) is 82.1 Å². The van der Waals surface area contributed by atoms with Gasteiger partial charge in [-0.05, 0) is 30.3 Å². The molecule has 1 N–H and O–H groups in total. The first-order valence-electron chi connectivity index (χ1n) is 8.23. The van der Waals surface area contributed by atoms with Gasteiger partial charge in [0.2, 0.25) is 0 Å². The molecule has 3 rings (SSSR count). The molecule has 0 radical (unpaired) electrons. The van der Waals surface area contributed by atoms with Crippen molar-refractivity contribution in [2.24, 2.45) is 11.8 Å². The highest BCUT2D eigenvalue weighted by molar-refractivity contribution is 6.06. The van der Waals surface area contributed by atoms with Gasteiger partial charge < -0.3 is 19.3 Å². The third-order valence-electron chi connectivity index (χ3n) is 4.59. The largest absolute Gasteiger partial charge is 0.504 e. The minimum atomic E-state index is -0.596. The van der Waals surface area contributed by atoms with Crippen LogP contribution in [0.4, 0.5) is 0 Å². The summed E-state index contributed by atoms with van der Waals surface area (Å²) < 4.78 is 15.8. The highest BCUT2D eigenvalue weighted by Crippen LogP contribution is 2.33. The number of phenols is 1. The number of hydrogen-bond donors (Lipinski definition) is 1. The van der Waals surface area contributed by atoms with Crippen LogP contribution in [0.3, 0.4) is 0 Å². The molecule has 0 amide bonds. The lowest BCUT2D eigenvalue weighted by molar-refractivity contribution is 0.0807. The number of Topliss-reactive ketones (excluding diaryl/α,β-unsaturated/α-hetero) is 2. The van der Waals surface area contributed by atoms with Crippen molar-refractivity contribution in [3.05, 3.63) is 53.6 Å². The van der Waals surface area contributed by atoms with Crippen molar-refractivity contribution in [3.63, 3.8) is 0 Å². The zero-order valence-electron chi connectivity index (χ0n) is 14.6. The van der Waals surface area contributed by atoms with Gasteiger partial charge in [-0.25, -0.2) is 0 Å². The summed E-state index contributed by atoms with van der Waals surface area (Å²) in [6, 6.07) is 11.3. The molecule has 6 nitrogen and oxygen atoms in total. The first kappa shape index (κ1) is 17.9. The Morgan fingerprint density at radius 3 is 2.31 bits per heavy atom. The molecule has 0 aliphatic carbocycles. The molecule has 1 aliphatic rings. The van der Waals surface area contributed by atoms with Gasteiger partial charge in [-0.3, -0.25) is 9.59 Å². The van der Waals surface area contributed by atoms with Crippen LogP contribution in [-0.2, 0) is 4.74 Å². The number of methoxy groups -OCH3 is 2.